The zero-order chi connectivity index (χ0) is 13.7. The van der Waals surface area contributed by atoms with E-state index in [-0.39, 0.29) is 0 Å². The number of nitrogens with zero attached hydrogens (tertiary/aromatic N) is 3. The Hall–Kier alpha value is -2.17. The first-order valence-electron chi connectivity index (χ1n) is 6.39. The van der Waals surface area contributed by atoms with Crippen LogP contribution in [0.1, 0.15) is 19.7 Å². The number of hydrogen-bond donors (Lipinski definition) is 1. The third kappa shape index (κ3) is 3.19. The Morgan fingerprint density at radius 2 is 2.05 bits per heavy atom. The van der Waals surface area contributed by atoms with E-state index in [1.165, 1.54) is 0 Å². The number of methoxy groups -OCH3 is 1. The molecule has 0 atom stereocenters. The first-order valence-corrected chi connectivity index (χ1v) is 6.39. The van der Waals surface area contributed by atoms with Gasteiger partial charge in [0.05, 0.1) is 12.8 Å². The molecule has 100 valence electrons. The molecular weight excluding hydrogens is 240 g/mol. The van der Waals surface area contributed by atoms with Gasteiger partial charge in [-0.15, -0.1) is 0 Å². The van der Waals surface area contributed by atoms with E-state index >= 15 is 0 Å². The number of pyridine rings is 1. The van der Waals surface area contributed by atoms with Gasteiger partial charge in [0.2, 0.25) is 5.88 Å². The molecule has 0 aliphatic carbocycles. The zero-order valence-electron chi connectivity index (χ0n) is 11.5. The lowest BCUT2D eigenvalue weighted by Crippen LogP contribution is -2.04. The second kappa shape index (κ2) is 6.13. The van der Waals surface area contributed by atoms with Crippen LogP contribution < -0.4 is 10.1 Å². The Balaban J connectivity index is 2.38. The maximum absolute atomic E-state index is 5.06. The van der Waals surface area contributed by atoms with E-state index in [1.807, 2.05) is 32.0 Å². The van der Waals surface area contributed by atoms with Crippen LogP contribution in [0.5, 0.6) is 5.88 Å². The standard InChI is InChI=1S/C14H18N4O/c1-4-12-17-11(8-13(18-12)15-5-2)10-6-7-14(19-3)16-9-10/h6-9H,4-5H2,1-3H3,(H,15,17,18). The third-order valence-electron chi connectivity index (χ3n) is 2.69. The van der Waals surface area contributed by atoms with Gasteiger partial charge in [0.15, 0.2) is 0 Å². The van der Waals surface area contributed by atoms with Gasteiger partial charge < -0.3 is 10.1 Å². The minimum atomic E-state index is 0.598. The quantitative estimate of drug-likeness (QED) is 0.893. The SMILES string of the molecule is CCNc1cc(-c2ccc(OC)nc2)nc(CC)n1. The van der Waals surface area contributed by atoms with Crippen LogP contribution in [0.25, 0.3) is 11.3 Å². The van der Waals surface area contributed by atoms with Crippen LogP contribution in [0.2, 0.25) is 0 Å². The first-order chi connectivity index (χ1) is 9.26. The van der Waals surface area contributed by atoms with Crippen molar-refractivity contribution in [2.45, 2.75) is 20.3 Å². The summed E-state index contributed by atoms with van der Waals surface area (Å²) in [4.78, 5) is 13.2. The maximum Gasteiger partial charge on any atom is 0.212 e. The summed E-state index contributed by atoms with van der Waals surface area (Å²) in [6.45, 7) is 4.92. The molecule has 0 saturated carbocycles. The number of hydrogen-bond acceptors (Lipinski definition) is 5. The van der Waals surface area contributed by atoms with E-state index < -0.39 is 0 Å². The summed E-state index contributed by atoms with van der Waals surface area (Å²) in [7, 11) is 1.60. The Morgan fingerprint density at radius 1 is 1.21 bits per heavy atom. The van der Waals surface area contributed by atoms with Gasteiger partial charge in [-0.3, -0.25) is 0 Å². The number of ether oxygens (including phenoxy) is 1. The molecule has 1 N–H and O–H groups in total. The summed E-state index contributed by atoms with van der Waals surface area (Å²) in [5.74, 6) is 2.27. The van der Waals surface area contributed by atoms with E-state index in [0.717, 1.165) is 35.9 Å². The predicted octanol–water partition coefficient (Wildman–Crippen LogP) is 2.54. The minimum Gasteiger partial charge on any atom is -0.481 e. The molecule has 0 fully saturated rings. The van der Waals surface area contributed by atoms with Gasteiger partial charge in [-0.2, -0.15) is 0 Å². The van der Waals surface area contributed by atoms with Crippen LogP contribution in [0, 0.1) is 0 Å². The highest BCUT2D eigenvalue weighted by Gasteiger charge is 2.06. The number of aryl methyl sites for hydroxylation is 1. The monoisotopic (exact) mass is 258 g/mol. The molecule has 0 spiro atoms. The lowest BCUT2D eigenvalue weighted by molar-refractivity contribution is 0.398. The van der Waals surface area contributed by atoms with Gasteiger partial charge in [-0.05, 0) is 13.0 Å². The first kappa shape index (κ1) is 13.3. The van der Waals surface area contributed by atoms with Gasteiger partial charge in [0.25, 0.3) is 0 Å². The van der Waals surface area contributed by atoms with Crippen LogP contribution in [-0.4, -0.2) is 28.6 Å². The molecule has 0 aromatic carbocycles. The molecular formula is C14H18N4O. The van der Waals surface area contributed by atoms with Crippen molar-refractivity contribution in [1.29, 1.82) is 0 Å². The van der Waals surface area contributed by atoms with Gasteiger partial charge >= 0.3 is 0 Å². The lowest BCUT2D eigenvalue weighted by atomic mass is 10.2. The molecule has 0 radical (unpaired) electrons. The van der Waals surface area contributed by atoms with Crippen LogP contribution in [0.3, 0.4) is 0 Å². The fourth-order valence-electron chi connectivity index (χ4n) is 1.73. The van der Waals surface area contributed by atoms with Crippen molar-refractivity contribution in [1.82, 2.24) is 15.0 Å². The van der Waals surface area contributed by atoms with E-state index in [2.05, 4.69) is 20.3 Å². The molecule has 2 aromatic rings. The number of anilines is 1. The predicted molar refractivity (Wildman–Crippen MR) is 75.4 cm³/mol. The molecule has 19 heavy (non-hydrogen) atoms. The average molecular weight is 258 g/mol. The molecule has 5 heteroatoms. The fraction of sp³-hybridized carbons (Fsp3) is 0.357. The normalized spacial score (nSPS) is 10.3. The van der Waals surface area contributed by atoms with Gasteiger partial charge in [0, 0.05) is 36.9 Å². The van der Waals surface area contributed by atoms with E-state index in [9.17, 15) is 0 Å². The van der Waals surface area contributed by atoms with Crippen molar-refractivity contribution in [3.63, 3.8) is 0 Å². The summed E-state index contributed by atoms with van der Waals surface area (Å²) in [5, 5.41) is 3.22. The molecule has 5 nitrogen and oxygen atoms in total. The maximum atomic E-state index is 5.06. The molecule has 0 saturated heterocycles. The largest absolute Gasteiger partial charge is 0.481 e. The molecule has 0 bridgehead atoms. The third-order valence-corrected chi connectivity index (χ3v) is 2.69. The van der Waals surface area contributed by atoms with Crippen molar-refractivity contribution >= 4 is 5.82 Å². The number of aromatic nitrogens is 3. The second-order valence-corrected chi connectivity index (χ2v) is 4.03. The van der Waals surface area contributed by atoms with Crippen LogP contribution in [-0.2, 0) is 6.42 Å². The van der Waals surface area contributed by atoms with Crippen molar-refractivity contribution in [2.75, 3.05) is 19.0 Å². The Morgan fingerprint density at radius 3 is 2.63 bits per heavy atom. The van der Waals surface area contributed by atoms with E-state index in [1.54, 1.807) is 13.3 Å². The smallest absolute Gasteiger partial charge is 0.212 e. The minimum absolute atomic E-state index is 0.598. The summed E-state index contributed by atoms with van der Waals surface area (Å²) < 4.78 is 5.06. The van der Waals surface area contributed by atoms with Crippen molar-refractivity contribution in [2.24, 2.45) is 0 Å². The van der Waals surface area contributed by atoms with Gasteiger partial charge in [-0.25, -0.2) is 15.0 Å². The second-order valence-electron chi connectivity index (χ2n) is 4.03. The molecule has 2 heterocycles. The summed E-state index contributed by atoms with van der Waals surface area (Å²) in [6, 6.07) is 5.71. The highest BCUT2D eigenvalue weighted by Crippen LogP contribution is 2.21. The van der Waals surface area contributed by atoms with Crippen LogP contribution >= 0.6 is 0 Å². The Kier molecular flexibility index (Phi) is 4.28. The average Bonchev–Trinajstić information content (AvgIpc) is 2.47. The molecule has 2 rings (SSSR count). The van der Waals surface area contributed by atoms with Gasteiger partial charge in [-0.1, -0.05) is 6.92 Å². The molecule has 0 aliphatic heterocycles. The fourth-order valence-corrected chi connectivity index (χ4v) is 1.73. The lowest BCUT2D eigenvalue weighted by Gasteiger charge is -2.08. The Labute approximate surface area is 113 Å². The summed E-state index contributed by atoms with van der Waals surface area (Å²) >= 11 is 0. The van der Waals surface area contributed by atoms with Crippen molar-refractivity contribution < 1.29 is 4.74 Å². The Bertz CT molecular complexity index is 540. The molecule has 0 amide bonds. The van der Waals surface area contributed by atoms with Crippen molar-refractivity contribution in [3.8, 4) is 17.1 Å². The number of rotatable bonds is 5. The number of nitrogens with one attached hydrogen (secondary N) is 1. The highest BCUT2D eigenvalue weighted by molar-refractivity contribution is 5.62. The van der Waals surface area contributed by atoms with Crippen molar-refractivity contribution in [3.05, 3.63) is 30.2 Å². The topological polar surface area (TPSA) is 59.9 Å². The molecule has 0 aliphatic rings. The van der Waals surface area contributed by atoms with Crippen LogP contribution in [0.15, 0.2) is 24.4 Å². The van der Waals surface area contributed by atoms with Crippen LogP contribution in [0.4, 0.5) is 5.82 Å². The zero-order valence-corrected chi connectivity index (χ0v) is 11.5. The van der Waals surface area contributed by atoms with E-state index in [4.69, 9.17) is 4.74 Å². The summed E-state index contributed by atoms with van der Waals surface area (Å²) in [5.41, 5.74) is 1.83. The highest BCUT2D eigenvalue weighted by atomic mass is 16.5. The van der Waals surface area contributed by atoms with Gasteiger partial charge in [0.1, 0.15) is 11.6 Å². The molecule has 0 unspecified atom stereocenters. The summed E-state index contributed by atoms with van der Waals surface area (Å²) in [6.07, 6.45) is 2.56. The van der Waals surface area contributed by atoms with E-state index in [0.29, 0.717) is 5.88 Å². The molecule has 2 aromatic heterocycles.